The summed E-state index contributed by atoms with van der Waals surface area (Å²) in [4.78, 5) is 49.8. The van der Waals surface area contributed by atoms with Gasteiger partial charge in [-0.05, 0) is 91.0 Å². The molecule has 5 aromatic rings. The van der Waals surface area contributed by atoms with Gasteiger partial charge in [0.2, 0.25) is 11.8 Å². The Kier molecular flexibility index (Phi) is 8.37. The second kappa shape index (κ2) is 13.2. The highest BCUT2D eigenvalue weighted by molar-refractivity contribution is 6.17. The van der Waals surface area contributed by atoms with E-state index in [2.05, 4.69) is 31.4 Å². The van der Waals surface area contributed by atoms with Crippen LogP contribution in [0.4, 0.5) is 26.4 Å². The Labute approximate surface area is 294 Å². The van der Waals surface area contributed by atoms with Crippen molar-refractivity contribution in [2.75, 3.05) is 29.5 Å². The number of anilines is 3. The second-order valence-corrected chi connectivity index (χ2v) is 14.0. The number of nitrogens with zero attached hydrogens (tertiary/aromatic N) is 4. The molecule has 0 bridgehead atoms. The molecule has 3 heterocycles. The number of hydrogen-bond acceptors (Lipinski definition) is 7. The third-order valence-corrected chi connectivity index (χ3v) is 10.6. The highest BCUT2D eigenvalue weighted by Gasteiger charge is 2.56. The van der Waals surface area contributed by atoms with Gasteiger partial charge in [-0.1, -0.05) is 42.5 Å². The topological polar surface area (TPSA) is 144 Å². The number of aromatic nitrogens is 3. The molecule has 12 heteroatoms. The number of likely N-dealkylation sites (tertiary alicyclic amines) is 1. The van der Waals surface area contributed by atoms with E-state index in [0.29, 0.717) is 60.9 Å². The van der Waals surface area contributed by atoms with E-state index in [1.165, 1.54) is 30.6 Å². The molecule has 2 aromatic heterocycles. The Morgan fingerprint density at radius 3 is 2.12 bits per heavy atom. The number of ether oxygens (including phenoxy) is 1. The number of hydrogen-bond donors (Lipinski definition) is 3. The van der Waals surface area contributed by atoms with Crippen molar-refractivity contribution in [1.29, 1.82) is 0 Å². The molecule has 2 atom stereocenters. The van der Waals surface area contributed by atoms with E-state index in [4.69, 9.17) is 10.5 Å². The zero-order valence-electron chi connectivity index (χ0n) is 27.9. The summed E-state index contributed by atoms with van der Waals surface area (Å²) < 4.78 is 21.0. The molecule has 260 valence electrons. The van der Waals surface area contributed by atoms with Crippen molar-refractivity contribution in [2.24, 2.45) is 23.2 Å². The summed E-state index contributed by atoms with van der Waals surface area (Å²) in [6.45, 7) is 2.47. The Balaban J connectivity index is 0.911. The van der Waals surface area contributed by atoms with Gasteiger partial charge in [-0.3, -0.25) is 9.59 Å². The maximum atomic E-state index is 13.3. The summed E-state index contributed by atoms with van der Waals surface area (Å²) in [5.74, 6) is 0.503. The van der Waals surface area contributed by atoms with Crippen molar-refractivity contribution in [1.82, 2.24) is 19.4 Å². The first-order valence-corrected chi connectivity index (χ1v) is 17.3. The van der Waals surface area contributed by atoms with E-state index in [1.807, 2.05) is 47.4 Å². The van der Waals surface area contributed by atoms with Crippen LogP contribution in [-0.2, 0) is 27.5 Å². The van der Waals surface area contributed by atoms with Crippen LogP contribution in [0.5, 0.6) is 0 Å². The minimum atomic E-state index is -1.16. The number of halogens is 1. The third-order valence-electron chi connectivity index (χ3n) is 10.6. The minimum Gasteiger partial charge on any atom is -0.445 e. The molecule has 2 unspecified atom stereocenters. The summed E-state index contributed by atoms with van der Waals surface area (Å²) in [7, 11) is 0. The predicted octanol–water partition coefficient (Wildman–Crippen LogP) is 6.47. The smallest absolute Gasteiger partial charge is 0.410 e. The lowest BCUT2D eigenvalue weighted by molar-refractivity contribution is -0.131. The monoisotopic (exact) mass is 687 g/mol. The van der Waals surface area contributed by atoms with Crippen molar-refractivity contribution in [3.8, 4) is 11.1 Å². The number of nitrogens with one attached hydrogen (secondary N) is 2. The third kappa shape index (κ3) is 6.49. The predicted molar refractivity (Wildman–Crippen MR) is 191 cm³/mol. The van der Waals surface area contributed by atoms with E-state index in [1.54, 1.807) is 12.1 Å². The van der Waals surface area contributed by atoms with Gasteiger partial charge in [0.1, 0.15) is 35.6 Å². The number of carbonyl (C=O) groups is 3. The number of amides is 3. The van der Waals surface area contributed by atoms with Gasteiger partial charge in [0.25, 0.3) is 0 Å². The Morgan fingerprint density at radius 1 is 0.863 bits per heavy atom. The van der Waals surface area contributed by atoms with E-state index < -0.39 is 17.1 Å². The van der Waals surface area contributed by atoms with Crippen LogP contribution in [0.25, 0.3) is 22.2 Å². The van der Waals surface area contributed by atoms with Crippen LogP contribution in [0.3, 0.4) is 0 Å². The highest BCUT2D eigenvalue weighted by atomic mass is 19.1. The van der Waals surface area contributed by atoms with Crippen molar-refractivity contribution < 1.29 is 23.5 Å². The largest absolute Gasteiger partial charge is 0.445 e. The Morgan fingerprint density at radius 2 is 1.49 bits per heavy atom. The number of rotatable bonds is 9. The lowest BCUT2D eigenvalue weighted by Crippen LogP contribution is -2.35. The molecule has 3 aliphatic rings. The van der Waals surface area contributed by atoms with Gasteiger partial charge < -0.3 is 30.6 Å². The van der Waals surface area contributed by atoms with Crippen LogP contribution in [0.1, 0.15) is 31.2 Å². The number of carbonyl (C=O) groups excluding carboxylic acids is 3. The summed E-state index contributed by atoms with van der Waals surface area (Å²) >= 11 is 0. The molecule has 51 heavy (non-hydrogen) atoms. The lowest BCUT2D eigenvalue weighted by atomic mass is 10.0. The summed E-state index contributed by atoms with van der Waals surface area (Å²) in [6, 6.07) is 22.6. The fraction of sp³-hybridized carbons (Fsp3) is 0.308. The second-order valence-electron chi connectivity index (χ2n) is 14.0. The zero-order chi connectivity index (χ0) is 35.1. The number of fused-ring (bicyclic) bond motifs is 2. The number of benzene rings is 3. The molecule has 11 nitrogen and oxygen atoms in total. The normalized spacial score (nSPS) is 20.2. The fourth-order valence-electron chi connectivity index (χ4n) is 7.77. The molecule has 1 aliphatic heterocycles. The van der Waals surface area contributed by atoms with Gasteiger partial charge >= 0.3 is 6.09 Å². The number of nitrogen functional groups attached to an aromatic ring is 1. The SMILES string of the molecule is Nc1ncnc2c1c(-c1ccc(NC(=O)C3(C(=O)Nc4ccc(F)cc4)CC3)cc1)cn2CC1CC2CN(C(=O)OCc3ccccc3)CC2C1. The Hall–Kier alpha value is -5.78. The molecule has 4 N–H and O–H groups in total. The van der Waals surface area contributed by atoms with Crippen LogP contribution in [0, 0.1) is 29.0 Å². The highest BCUT2D eigenvalue weighted by Crippen LogP contribution is 2.48. The van der Waals surface area contributed by atoms with E-state index >= 15 is 0 Å². The first-order valence-electron chi connectivity index (χ1n) is 17.3. The first-order chi connectivity index (χ1) is 24.8. The Bertz CT molecular complexity index is 2080. The molecule has 3 aromatic carbocycles. The molecule has 0 radical (unpaired) electrons. The van der Waals surface area contributed by atoms with Crippen molar-refractivity contribution in [3.63, 3.8) is 0 Å². The van der Waals surface area contributed by atoms with E-state index in [0.717, 1.165) is 47.1 Å². The molecule has 3 amide bonds. The van der Waals surface area contributed by atoms with E-state index in [-0.39, 0.29) is 18.6 Å². The van der Waals surface area contributed by atoms with Gasteiger partial charge in [0.15, 0.2) is 0 Å². The average molecular weight is 688 g/mol. The van der Waals surface area contributed by atoms with Crippen LogP contribution in [0.15, 0.2) is 91.4 Å². The van der Waals surface area contributed by atoms with Crippen molar-refractivity contribution in [2.45, 2.75) is 38.8 Å². The molecule has 2 saturated carbocycles. The van der Waals surface area contributed by atoms with Crippen molar-refractivity contribution in [3.05, 3.63) is 103 Å². The fourth-order valence-corrected chi connectivity index (χ4v) is 7.77. The van der Waals surface area contributed by atoms with Gasteiger partial charge in [-0.25, -0.2) is 19.2 Å². The van der Waals surface area contributed by atoms with Crippen LogP contribution in [0.2, 0.25) is 0 Å². The first kappa shape index (κ1) is 32.4. The van der Waals surface area contributed by atoms with Crippen molar-refractivity contribution >= 4 is 46.1 Å². The van der Waals surface area contributed by atoms with Gasteiger partial charge in [-0.2, -0.15) is 0 Å². The summed E-state index contributed by atoms with van der Waals surface area (Å²) in [5.41, 5.74) is 9.78. The van der Waals surface area contributed by atoms with Gasteiger partial charge in [-0.15, -0.1) is 0 Å². The molecule has 1 saturated heterocycles. The molecule has 2 aliphatic carbocycles. The number of nitrogens with two attached hydrogens (primary N) is 1. The van der Waals surface area contributed by atoms with Gasteiger partial charge in [0, 0.05) is 42.8 Å². The molecule has 8 rings (SSSR count). The molecule has 0 spiro atoms. The minimum absolute atomic E-state index is 0.247. The maximum Gasteiger partial charge on any atom is 0.410 e. The molecular formula is C39H38FN7O4. The van der Waals surface area contributed by atoms with Crippen LogP contribution >= 0.6 is 0 Å². The molecular weight excluding hydrogens is 649 g/mol. The van der Waals surface area contributed by atoms with E-state index in [9.17, 15) is 18.8 Å². The quantitative estimate of drug-likeness (QED) is 0.151. The maximum absolute atomic E-state index is 13.3. The summed E-state index contributed by atoms with van der Waals surface area (Å²) in [6.07, 6.45) is 6.21. The molecule has 3 fully saturated rings. The average Bonchev–Trinajstić information content (AvgIpc) is 3.56. The standard InChI is InChI=1S/C39H38FN7O4/c40-29-8-12-31(13-9-29)45-37(49)39(14-15-39)36(48)44-30-10-6-26(7-11-30)32-21-46(35-33(32)34(41)42-23-43-35)18-25-16-27-19-47(20-28(27)17-25)38(50)51-22-24-4-2-1-3-5-24/h1-13,21,23,25,27-28H,14-20,22H2,(H,44,48)(H,45,49)(H2,41,42,43). The summed E-state index contributed by atoms with van der Waals surface area (Å²) in [5, 5.41) is 6.40. The zero-order valence-corrected chi connectivity index (χ0v) is 27.9. The van der Waals surface area contributed by atoms with Crippen LogP contribution in [-0.4, -0.2) is 50.4 Å². The van der Waals surface area contributed by atoms with Gasteiger partial charge in [0.05, 0.1) is 5.39 Å². The van der Waals surface area contributed by atoms with Crippen LogP contribution < -0.4 is 16.4 Å². The lowest BCUT2D eigenvalue weighted by Gasteiger charge is -2.19.